The van der Waals surface area contributed by atoms with Gasteiger partial charge in [-0.15, -0.1) is 11.3 Å². The predicted octanol–water partition coefficient (Wildman–Crippen LogP) is 2.41. The van der Waals surface area contributed by atoms with Gasteiger partial charge < -0.3 is 15.0 Å². The van der Waals surface area contributed by atoms with E-state index in [-0.39, 0.29) is 30.3 Å². The van der Waals surface area contributed by atoms with E-state index in [0.29, 0.717) is 18.2 Å². The van der Waals surface area contributed by atoms with Gasteiger partial charge in [0.1, 0.15) is 23.4 Å². The minimum absolute atomic E-state index is 0.0252. The SMILES string of the molecule is O=C1NCC2CCC1N2C(=O)Cc1csc(COc2ccc(Cl)cc2)n1. The maximum absolute atomic E-state index is 12.7. The number of ether oxygens (including phenoxy) is 1. The molecule has 2 atom stereocenters. The summed E-state index contributed by atoms with van der Waals surface area (Å²) in [5.41, 5.74) is 0.722. The molecule has 1 aromatic heterocycles. The van der Waals surface area contributed by atoms with E-state index in [2.05, 4.69) is 10.3 Å². The molecular formula is C18H18ClN3O3S. The Labute approximate surface area is 160 Å². The molecule has 1 aromatic carbocycles. The van der Waals surface area contributed by atoms with Gasteiger partial charge in [0.05, 0.1) is 12.1 Å². The summed E-state index contributed by atoms with van der Waals surface area (Å²) in [5, 5.41) is 6.21. The Hall–Kier alpha value is -2.12. The first-order valence-electron chi connectivity index (χ1n) is 8.50. The summed E-state index contributed by atoms with van der Waals surface area (Å²) >= 11 is 7.32. The van der Waals surface area contributed by atoms with Crippen LogP contribution in [0.4, 0.5) is 0 Å². The molecule has 0 aliphatic carbocycles. The van der Waals surface area contributed by atoms with Gasteiger partial charge in [0.15, 0.2) is 0 Å². The highest BCUT2D eigenvalue weighted by Crippen LogP contribution is 2.28. The molecule has 2 saturated heterocycles. The summed E-state index contributed by atoms with van der Waals surface area (Å²) in [7, 11) is 0. The molecule has 1 N–H and O–H groups in total. The first-order chi connectivity index (χ1) is 12.6. The molecule has 136 valence electrons. The Morgan fingerprint density at radius 1 is 1.35 bits per heavy atom. The lowest BCUT2D eigenvalue weighted by atomic mass is 10.2. The van der Waals surface area contributed by atoms with Crippen LogP contribution in [0.1, 0.15) is 23.5 Å². The second-order valence-electron chi connectivity index (χ2n) is 6.45. The van der Waals surface area contributed by atoms with Crippen molar-refractivity contribution in [1.82, 2.24) is 15.2 Å². The van der Waals surface area contributed by atoms with Crippen LogP contribution in [0.15, 0.2) is 29.6 Å². The number of thiazole rings is 1. The Morgan fingerprint density at radius 3 is 2.96 bits per heavy atom. The van der Waals surface area contributed by atoms with E-state index in [1.165, 1.54) is 11.3 Å². The number of fused-ring (bicyclic) bond motifs is 2. The Kier molecular flexibility index (Phi) is 4.82. The lowest BCUT2D eigenvalue weighted by molar-refractivity contribution is -0.142. The summed E-state index contributed by atoms with van der Waals surface area (Å²) in [6.45, 7) is 0.899. The maximum atomic E-state index is 12.7. The van der Waals surface area contributed by atoms with Crippen molar-refractivity contribution in [1.29, 1.82) is 0 Å². The van der Waals surface area contributed by atoms with Crippen LogP contribution >= 0.6 is 22.9 Å². The molecule has 4 rings (SSSR count). The number of hydrogen-bond donors (Lipinski definition) is 1. The van der Waals surface area contributed by atoms with Crippen LogP contribution in [0.3, 0.4) is 0 Å². The van der Waals surface area contributed by atoms with Crippen molar-refractivity contribution < 1.29 is 14.3 Å². The van der Waals surface area contributed by atoms with Crippen molar-refractivity contribution in [2.75, 3.05) is 6.54 Å². The minimum atomic E-state index is -0.312. The first kappa shape index (κ1) is 17.3. The summed E-state index contributed by atoms with van der Waals surface area (Å²) in [4.78, 5) is 30.8. The summed E-state index contributed by atoms with van der Waals surface area (Å²) in [6.07, 6.45) is 1.85. The van der Waals surface area contributed by atoms with E-state index in [1.54, 1.807) is 29.2 Å². The third-order valence-corrected chi connectivity index (χ3v) is 5.84. The van der Waals surface area contributed by atoms with Crippen LogP contribution in [0.25, 0.3) is 0 Å². The van der Waals surface area contributed by atoms with Crippen molar-refractivity contribution >= 4 is 34.8 Å². The molecule has 2 fully saturated rings. The number of carbonyl (C=O) groups excluding carboxylic acids is 2. The molecule has 2 aliphatic heterocycles. The van der Waals surface area contributed by atoms with Crippen LogP contribution in [-0.4, -0.2) is 40.3 Å². The number of nitrogens with one attached hydrogen (secondary N) is 1. The highest BCUT2D eigenvalue weighted by atomic mass is 35.5. The maximum Gasteiger partial charge on any atom is 0.242 e. The number of halogens is 1. The monoisotopic (exact) mass is 391 g/mol. The molecule has 6 nitrogen and oxygen atoms in total. The molecule has 2 aromatic rings. The zero-order valence-corrected chi connectivity index (χ0v) is 15.6. The van der Waals surface area contributed by atoms with Crippen molar-refractivity contribution in [3.05, 3.63) is 45.4 Å². The average molecular weight is 392 g/mol. The molecular weight excluding hydrogens is 374 g/mol. The molecule has 2 amide bonds. The topological polar surface area (TPSA) is 71.5 Å². The number of hydrogen-bond acceptors (Lipinski definition) is 5. The van der Waals surface area contributed by atoms with Gasteiger partial charge in [-0.1, -0.05) is 11.6 Å². The van der Waals surface area contributed by atoms with Gasteiger partial charge in [-0.25, -0.2) is 4.98 Å². The molecule has 8 heteroatoms. The number of carbonyl (C=O) groups is 2. The van der Waals surface area contributed by atoms with E-state index < -0.39 is 0 Å². The molecule has 3 heterocycles. The number of piperazine rings is 1. The number of rotatable bonds is 5. The Balaban J connectivity index is 1.35. The fourth-order valence-corrected chi connectivity index (χ4v) is 4.30. The second kappa shape index (κ2) is 7.25. The average Bonchev–Trinajstić information content (AvgIpc) is 3.21. The third kappa shape index (κ3) is 3.54. The van der Waals surface area contributed by atoms with Gasteiger partial charge in [-0.05, 0) is 37.1 Å². The van der Waals surface area contributed by atoms with Crippen molar-refractivity contribution in [2.45, 2.75) is 38.0 Å². The highest BCUT2D eigenvalue weighted by molar-refractivity contribution is 7.09. The van der Waals surface area contributed by atoms with Gasteiger partial charge in [0.2, 0.25) is 11.8 Å². The zero-order chi connectivity index (χ0) is 18.1. The summed E-state index contributed by atoms with van der Waals surface area (Å²) < 4.78 is 5.68. The fraction of sp³-hybridized carbons (Fsp3) is 0.389. The molecule has 2 bridgehead atoms. The number of aromatic nitrogens is 1. The summed E-state index contributed by atoms with van der Waals surface area (Å²) in [5.74, 6) is 0.656. The second-order valence-corrected chi connectivity index (χ2v) is 7.82. The van der Waals surface area contributed by atoms with Gasteiger partial charge in [0.25, 0.3) is 0 Å². The Bertz CT molecular complexity index is 823. The lowest BCUT2D eigenvalue weighted by Gasteiger charge is -2.34. The predicted molar refractivity (Wildman–Crippen MR) is 98.3 cm³/mol. The van der Waals surface area contributed by atoms with E-state index in [1.807, 2.05) is 5.38 Å². The van der Waals surface area contributed by atoms with E-state index in [4.69, 9.17) is 16.3 Å². The number of amides is 2. The van der Waals surface area contributed by atoms with E-state index >= 15 is 0 Å². The molecule has 2 aliphatic rings. The quantitative estimate of drug-likeness (QED) is 0.849. The van der Waals surface area contributed by atoms with Crippen LogP contribution in [-0.2, 0) is 22.6 Å². The summed E-state index contributed by atoms with van der Waals surface area (Å²) in [6, 6.07) is 6.96. The van der Waals surface area contributed by atoms with Gasteiger partial charge in [-0.3, -0.25) is 9.59 Å². The smallest absolute Gasteiger partial charge is 0.242 e. The first-order valence-corrected chi connectivity index (χ1v) is 9.76. The highest BCUT2D eigenvalue weighted by Gasteiger charge is 2.44. The van der Waals surface area contributed by atoms with Crippen LogP contribution in [0.5, 0.6) is 5.75 Å². The van der Waals surface area contributed by atoms with E-state index in [9.17, 15) is 9.59 Å². The molecule has 26 heavy (non-hydrogen) atoms. The van der Waals surface area contributed by atoms with Crippen LogP contribution < -0.4 is 10.1 Å². The lowest BCUT2D eigenvalue weighted by Crippen LogP contribution is -2.57. The standard InChI is InChI=1S/C18H18ClN3O3S/c19-11-1-4-14(5-2-11)25-9-16-21-12(10-26-16)7-17(23)22-13-3-6-15(22)18(24)20-8-13/h1-2,4-5,10,13,15H,3,6-9H2,(H,20,24). The Morgan fingerprint density at radius 2 is 2.15 bits per heavy atom. The third-order valence-electron chi connectivity index (χ3n) is 4.71. The van der Waals surface area contributed by atoms with Crippen LogP contribution in [0.2, 0.25) is 5.02 Å². The van der Waals surface area contributed by atoms with Crippen molar-refractivity contribution in [3.8, 4) is 5.75 Å². The van der Waals surface area contributed by atoms with Crippen molar-refractivity contribution in [2.24, 2.45) is 0 Å². The van der Waals surface area contributed by atoms with Gasteiger partial charge in [-0.2, -0.15) is 0 Å². The number of nitrogens with zero attached hydrogens (tertiary/aromatic N) is 2. The normalized spacial score (nSPS) is 21.6. The van der Waals surface area contributed by atoms with E-state index in [0.717, 1.165) is 29.3 Å². The zero-order valence-electron chi connectivity index (χ0n) is 14.0. The minimum Gasteiger partial charge on any atom is -0.486 e. The van der Waals surface area contributed by atoms with Gasteiger partial charge in [0, 0.05) is 23.0 Å². The molecule has 0 radical (unpaired) electrons. The molecule has 2 unspecified atom stereocenters. The van der Waals surface area contributed by atoms with Gasteiger partial charge >= 0.3 is 0 Å². The number of benzene rings is 1. The largest absolute Gasteiger partial charge is 0.486 e. The van der Waals surface area contributed by atoms with Crippen LogP contribution in [0, 0.1) is 0 Å². The van der Waals surface area contributed by atoms with Crippen molar-refractivity contribution in [3.63, 3.8) is 0 Å². The molecule has 0 spiro atoms. The fourth-order valence-electron chi connectivity index (χ4n) is 3.47. The molecule has 0 saturated carbocycles.